The number of carbonyl (C=O) groups excluding carboxylic acids is 1. The van der Waals surface area contributed by atoms with Gasteiger partial charge in [0.15, 0.2) is 0 Å². The highest BCUT2D eigenvalue weighted by Gasteiger charge is 2.17. The molecule has 3 nitrogen and oxygen atoms in total. The first kappa shape index (κ1) is 14.8. The molecule has 18 heavy (non-hydrogen) atoms. The highest BCUT2D eigenvalue weighted by Crippen LogP contribution is 2.19. The predicted molar refractivity (Wildman–Crippen MR) is 69.5 cm³/mol. The van der Waals surface area contributed by atoms with E-state index in [2.05, 4.69) is 5.32 Å². The lowest BCUT2D eigenvalue weighted by Crippen LogP contribution is -2.30. The second kappa shape index (κ2) is 7.21. The number of halogens is 2. The zero-order valence-electron chi connectivity index (χ0n) is 10.2. The van der Waals surface area contributed by atoms with Crippen LogP contribution in [-0.2, 0) is 0 Å². The highest BCUT2D eigenvalue weighted by molar-refractivity contribution is 6.17. The number of phenolic OH excluding ortho intramolecular Hbond substituents is 1. The topological polar surface area (TPSA) is 49.3 Å². The number of nitrogens with one attached hydrogen (secondary N) is 1. The van der Waals surface area contributed by atoms with Crippen molar-refractivity contribution in [3.05, 3.63) is 29.6 Å². The molecule has 1 unspecified atom stereocenters. The van der Waals surface area contributed by atoms with Crippen LogP contribution in [-0.4, -0.2) is 23.4 Å². The Balaban J connectivity index is 2.65. The largest absolute Gasteiger partial charge is 0.507 e. The van der Waals surface area contributed by atoms with Gasteiger partial charge >= 0.3 is 0 Å². The van der Waals surface area contributed by atoms with Gasteiger partial charge in [0, 0.05) is 12.4 Å². The Bertz CT molecular complexity index is 392. The van der Waals surface area contributed by atoms with Gasteiger partial charge in [-0.2, -0.15) is 0 Å². The van der Waals surface area contributed by atoms with Gasteiger partial charge in [0.1, 0.15) is 17.1 Å². The number of hydrogen-bond donors (Lipinski definition) is 2. The molecule has 1 rings (SSSR count). The number of alkyl halides is 1. The Morgan fingerprint density at radius 1 is 1.56 bits per heavy atom. The number of carbonyl (C=O) groups is 1. The summed E-state index contributed by atoms with van der Waals surface area (Å²) in [4.78, 5) is 11.8. The van der Waals surface area contributed by atoms with Crippen LogP contribution in [0, 0.1) is 11.7 Å². The van der Waals surface area contributed by atoms with Gasteiger partial charge in [-0.25, -0.2) is 4.39 Å². The second-order valence-corrected chi connectivity index (χ2v) is 4.47. The van der Waals surface area contributed by atoms with Crippen LogP contribution in [0.3, 0.4) is 0 Å². The number of benzene rings is 1. The monoisotopic (exact) mass is 273 g/mol. The van der Waals surface area contributed by atoms with E-state index in [1.54, 1.807) is 0 Å². The summed E-state index contributed by atoms with van der Waals surface area (Å²) in [5, 5.41) is 12.1. The number of phenols is 1. The fourth-order valence-corrected chi connectivity index (χ4v) is 1.98. The molecule has 5 heteroatoms. The van der Waals surface area contributed by atoms with E-state index in [4.69, 9.17) is 11.6 Å². The molecule has 0 heterocycles. The summed E-state index contributed by atoms with van der Waals surface area (Å²) >= 11 is 5.65. The molecular weight excluding hydrogens is 257 g/mol. The summed E-state index contributed by atoms with van der Waals surface area (Å²) in [7, 11) is 0. The van der Waals surface area contributed by atoms with Gasteiger partial charge in [0.25, 0.3) is 5.91 Å². The molecular formula is C13H17ClFNO2. The van der Waals surface area contributed by atoms with Gasteiger partial charge in [-0.15, -0.1) is 11.6 Å². The third kappa shape index (κ3) is 3.88. The van der Waals surface area contributed by atoms with E-state index in [1.807, 2.05) is 6.92 Å². The number of rotatable bonds is 6. The summed E-state index contributed by atoms with van der Waals surface area (Å²) in [6.45, 7) is 2.43. The summed E-state index contributed by atoms with van der Waals surface area (Å²) < 4.78 is 13.4. The lowest BCUT2D eigenvalue weighted by Gasteiger charge is -2.14. The standard InChI is InChI=1S/C13H17ClFNO2/c1-2-9(6-7-14)8-16-13(18)12-10(15)4-3-5-11(12)17/h3-5,9,17H,2,6-8H2,1H3,(H,16,18). The molecule has 100 valence electrons. The minimum Gasteiger partial charge on any atom is -0.507 e. The van der Waals surface area contributed by atoms with Crippen LogP contribution < -0.4 is 5.32 Å². The number of hydrogen-bond acceptors (Lipinski definition) is 2. The van der Waals surface area contributed by atoms with Crippen LogP contribution in [0.4, 0.5) is 4.39 Å². The molecule has 1 aromatic carbocycles. The van der Waals surface area contributed by atoms with Gasteiger partial charge in [0.05, 0.1) is 0 Å². The molecule has 0 bridgehead atoms. The maximum atomic E-state index is 13.4. The van der Waals surface area contributed by atoms with E-state index in [9.17, 15) is 14.3 Å². The minimum atomic E-state index is -0.724. The van der Waals surface area contributed by atoms with Crippen molar-refractivity contribution in [2.45, 2.75) is 19.8 Å². The van der Waals surface area contributed by atoms with Gasteiger partial charge in [-0.3, -0.25) is 4.79 Å². The van der Waals surface area contributed by atoms with Crippen molar-refractivity contribution in [2.24, 2.45) is 5.92 Å². The fourth-order valence-electron chi connectivity index (χ4n) is 1.67. The predicted octanol–water partition coefficient (Wildman–Crippen LogP) is 2.92. The molecule has 0 fully saturated rings. The third-order valence-corrected chi connectivity index (χ3v) is 3.08. The molecule has 2 N–H and O–H groups in total. The molecule has 1 amide bonds. The normalized spacial score (nSPS) is 12.2. The lowest BCUT2D eigenvalue weighted by molar-refractivity contribution is 0.0939. The van der Waals surface area contributed by atoms with E-state index in [0.29, 0.717) is 12.4 Å². The molecule has 0 saturated heterocycles. The molecule has 1 atom stereocenters. The van der Waals surface area contributed by atoms with E-state index in [-0.39, 0.29) is 17.2 Å². The van der Waals surface area contributed by atoms with E-state index in [0.717, 1.165) is 18.9 Å². The fraction of sp³-hybridized carbons (Fsp3) is 0.462. The molecule has 0 radical (unpaired) electrons. The van der Waals surface area contributed by atoms with Crippen molar-refractivity contribution in [3.63, 3.8) is 0 Å². The Labute approximate surface area is 111 Å². The summed E-state index contributed by atoms with van der Waals surface area (Å²) in [5.41, 5.74) is -0.307. The second-order valence-electron chi connectivity index (χ2n) is 4.10. The molecule has 1 aromatic rings. The van der Waals surface area contributed by atoms with Crippen molar-refractivity contribution in [1.29, 1.82) is 0 Å². The maximum Gasteiger partial charge on any atom is 0.258 e. The van der Waals surface area contributed by atoms with Crippen molar-refractivity contribution in [3.8, 4) is 5.75 Å². The van der Waals surface area contributed by atoms with Crippen molar-refractivity contribution in [1.82, 2.24) is 5.32 Å². The maximum absolute atomic E-state index is 13.4. The van der Waals surface area contributed by atoms with Gasteiger partial charge in [0.2, 0.25) is 0 Å². The summed E-state index contributed by atoms with van der Waals surface area (Å²) in [6, 6.07) is 3.78. The summed E-state index contributed by atoms with van der Waals surface area (Å²) in [6.07, 6.45) is 1.68. The van der Waals surface area contributed by atoms with Crippen LogP contribution in [0.5, 0.6) is 5.75 Å². The Morgan fingerprint density at radius 3 is 2.83 bits per heavy atom. The zero-order chi connectivity index (χ0) is 13.5. The van der Waals surface area contributed by atoms with Crippen LogP contribution in [0.2, 0.25) is 0 Å². The highest BCUT2D eigenvalue weighted by atomic mass is 35.5. The van der Waals surface area contributed by atoms with Crippen LogP contribution in [0.1, 0.15) is 30.1 Å². The first-order valence-corrected chi connectivity index (χ1v) is 6.45. The third-order valence-electron chi connectivity index (χ3n) is 2.86. The SMILES string of the molecule is CCC(CCCl)CNC(=O)c1c(O)cccc1F. The van der Waals surface area contributed by atoms with Gasteiger partial charge in [-0.1, -0.05) is 19.4 Å². The van der Waals surface area contributed by atoms with Crippen LogP contribution in [0.25, 0.3) is 0 Å². The molecule has 0 aliphatic rings. The average Bonchev–Trinajstić information content (AvgIpc) is 2.34. The van der Waals surface area contributed by atoms with Crippen molar-refractivity contribution >= 4 is 17.5 Å². The van der Waals surface area contributed by atoms with Crippen molar-refractivity contribution < 1.29 is 14.3 Å². The Kier molecular flexibility index (Phi) is 5.92. The molecule has 0 aliphatic carbocycles. The lowest BCUT2D eigenvalue weighted by atomic mass is 10.0. The summed E-state index contributed by atoms with van der Waals surface area (Å²) in [5.74, 6) is -0.881. The molecule has 0 spiro atoms. The zero-order valence-corrected chi connectivity index (χ0v) is 11.0. The molecule has 0 aliphatic heterocycles. The molecule has 0 aromatic heterocycles. The Hall–Kier alpha value is -1.29. The van der Waals surface area contributed by atoms with Crippen LogP contribution in [0.15, 0.2) is 18.2 Å². The Morgan fingerprint density at radius 2 is 2.28 bits per heavy atom. The quantitative estimate of drug-likeness (QED) is 0.783. The molecule has 0 saturated carbocycles. The first-order valence-electron chi connectivity index (χ1n) is 5.91. The van der Waals surface area contributed by atoms with E-state index in [1.165, 1.54) is 12.1 Å². The first-order chi connectivity index (χ1) is 8.60. The minimum absolute atomic E-state index is 0.264. The average molecular weight is 274 g/mol. The van der Waals surface area contributed by atoms with E-state index >= 15 is 0 Å². The van der Waals surface area contributed by atoms with Crippen LogP contribution >= 0.6 is 11.6 Å². The number of aromatic hydroxyl groups is 1. The smallest absolute Gasteiger partial charge is 0.258 e. The van der Waals surface area contributed by atoms with E-state index < -0.39 is 11.7 Å². The number of amides is 1. The van der Waals surface area contributed by atoms with Gasteiger partial charge < -0.3 is 10.4 Å². The van der Waals surface area contributed by atoms with Gasteiger partial charge in [-0.05, 0) is 24.5 Å². The van der Waals surface area contributed by atoms with Crippen molar-refractivity contribution in [2.75, 3.05) is 12.4 Å².